The largest absolute Gasteiger partial charge is 0.471 e. The second kappa shape index (κ2) is 6.64. The van der Waals surface area contributed by atoms with E-state index in [1.807, 2.05) is 48.2 Å². The van der Waals surface area contributed by atoms with E-state index in [1.54, 1.807) is 18.3 Å². The first-order valence-corrected chi connectivity index (χ1v) is 7.64. The van der Waals surface area contributed by atoms with Crippen molar-refractivity contribution in [3.05, 3.63) is 48.2 Å². The minimum Gasteiger partial charge on any atom is -0.471 e. The lowest BCUT2D eigenvalue weighted by molar-refractivity contribution is 0.0771. The van der Waals surface area contributed by atoms with Crippen LogP contribution in [0.2, 0.25) is 0 Å². The molecule has 0 bridgehead atoms. The van der Waals surface area contributed by atoms with Gasteiger partial charge in [0.05, 0.1) is 6.54 Å². The van der Waals surface area contributed by atoms with Crippen molar-refractivity contribution in [3.8, 4) is 5.88 Å². The van der Waals surface area contributed by atoms with Crippen molar-refractivity contribution < 1.29 is 9.53 Å². The summed E-state index contributed by atoms with van der Waals surface area (Å²) in [4.78, 5) is 16.4. The normalized spacial score (nSPS) is 17.1. The number of benzene rings is 1. The van der Waals surface area contributed by atoms with Crippen LogP contribution in [0.3, 0.4) is 0 Å². The van der Waals surface area contributed by atoms with Crippen LogP contribution >= 0.6 is 0 Å². The van der Waals surface area contributed by atoms with Crippen LogP contribution in [0.4, 0.5) is 5.69 Å². The SMILES string of the molecule is CN(C)c1ccc(C(=O)N2CCC(Oc3cccnn3)C2)cc1. The van der Waals surface area contributed by atoms with E-state index in [0.717, 1.165) is 12.1 Å². The number of ether oxygens (including phenoxy) is 1. The predicted octanol–water partition coefficient (Wildman–Crippen LogP) is 1.84. The Morgan fingerprint density at radius 2 is 2.04 bits per heavy atom. The van der Waals surface area contributed by atoms with Gasteiger partial charge in [-0.2, -0.15) is 5.10 Å². The molecule has 1 saturated heterocycles. The maximum absolute atomic E-state index is 12.6. The second-order valence-electron chi connectivity index (χ2n) is 5.78. The Labute approximate surface area is 135 Å². The number of carbonyl (C=O) groups is 1. The van der Waals surface area contributed by atoms with Crippen molar-refractivity contribution in [2.24, 2.45) is 0 Å². The first-order chi connectivity index (χ1) is 11.1. The zero-order chi connectivity index (χ0) is 16.2. The minimum absolute atomic E-state index is 0.0308. The van der Waals surface area contributed by atoms with Gasteiger partial charge in [-0.1, -0.05) is 0 Å². The van der Waals surface area contributed by atoms with Crippen molar-refractivity contribution in [3.63, 3.8) is 0 Å². The molecule has 120 valence electrons. The van der Waals surface area contributed by atoms with Gasteiger partial charge in [-0.15, -0.1) is 5.10 Å². The molecule has 2 aromatic rings. The average Bonchev–Trinajstić information content (AvgIpc) is 3.03. The van der Waals surface area contributed by atoms with Gasteiger partial charge in [-0.3, -0.25) is 4.79 Å². The Hall–Kier alpha value is -2.63. The molecular weight excluding hydrogens is 292 g/mol. The number of hydrogen-bond acceptors (Lipinski definition) is 5. The summed E-state index contributed by atoms with van der Waals surface area (Å²) in [5, 5.41) is 7.71. The van der Waals surface area contributed by atoms with Crippen molar-refractivity contribution in [2.45, 2.75) is 12.5 Å². The molecule has 0 spiro atoms. The van der Waals surface area contributed by atoms with Crippen LogP contribution in [0, 0.1) is 0 Å². The number of amides is 1. The number of rotatable bonds is 4. The lowest BCUT2D eigenvalue weighted by atomic mass is 10.2. The van der Waals surface area contributed by atoms with E-state index in [-0.39, 0.29) is 12.0 Å². The summed E-state index contributed by atoms with van der Waals surface area (Å²) in [7, 11) is 3.96. The van der Waals surface area contributed by atoms with E-state index >= 15 is 0 Å². The Bertz CT molecular complexity index is 658. The molecule has 1 aliphatic heterocycles. The number of hydrogen-bond donors (Lipinski definition) is 0. The van der Waals surface area contributed by atoms with Gasteiger partial charge in [-0.25, -0.2) is 0 Å². The Balaban J connectivity index is 1.61. The molecule has 6 heteroatoms. The van der Waals surface area contributed by atoms with Crippen molar-refractivity contribution in [2.75, 3.05) is 32.1 Å². The van der Waals surface area contributed by atoms with Crippen LogP contribution in [-0.2, 0) is 0 Å². The standard InChI is InChI=1S/C17H20N4O2/c1-20(2)14-7-5-13(6-8-14)17(22)21-11-9-15(12-21)23-16-4-3-10-18-19-16/h3-8,10,15H,9,11-12H2,1-2H3. The molecule has 1 aromatic heterocycles. The van der Waals surface area contributed by atoms with Crippen LogP contribution in [0.25, 0.3) is 0 Å². The van der Waals surface area contributed by atoms with E-state index in [4.69, 9.17) is 4.74 Å². The number of aromatic nitrogens is 2. The Morgan fingerprint density at radius 1 is 1.26 bits per heavy atom. The van der Waals surface area contributed by atoms with E-state index < -0.39 is 0 Å². The highest BCUT2D eigenvalue weighted by Gasteiger charge is 2.28. The minimum atomic E-state index is -0.0308. The third-order valence-electron chi connectivity index (χ3n) is 3.90. The molecule has 1 amide bonds. The summed E-state index contributed by atoms with van der Waals surface area (Å²) in [6.45, 7) is 1.27. The maximum atomic E-state index is 12.6. The fourth-order valence-electron chi connectivity index (χ4n) is 2.61. The molecule has 0 saturated carbocycles. The van der Waals surface area contributed by atoms with Crippen LogP contribution in [0.1, 0.15) is 16.8 Å². The third-order valence-corrected chi connectivity index (χ3v) is 3.90. The first-order valence-electron chi connectivity index (χ1n) is 7.64. The summed E-state index contributed by atoms with van der Waals surface area (Å²) >= 11 is 0. The molecule has 0 N–H and O–H groups in total. The molecule has 2 heterocycles. The summed E-state index contributed by atoms with van der Waals surface area (Å²) in [6.07, 6.45) is 2.38. The molecule has 6 nitrogen and oxygen atoms in total. The molecule has 1 fully saturated rings. The molecule has 1 aliphatic rings. The van der Waals surface area contributed by atoms with Gasteiger partial charge < -0.3 is 14.5 Å². The van der Waals surface area contributed by atoms with E-state index in [2.05, 4.69) is 10.2 Å². The van der Waals surface area contributed by atoms with Gasteiger partial charge in [0.2, 0.25) is 5.88 Å². The van der Waals surface area contributed by atoms with Gasteiger partial charge >= 0.3 is 0 Å². The summed E-state index contributed by atoms with van der Waals surface area (Å²) in [5.74, 6) is 0.544. The van der Waals surface area contributed by atoms with Crippen molar-refractivity contribution in [1.29, 1.82) is 0 Å². The lowest BCUT2D eigenvalue weighted by Gasteiger charge is -2.18. The van der Waals surface area contributed by atoms with Crippen LogP contribution in [0.15, 0.2) is 42.6 Å². The topological polar surface area (TPSA) is 58.6 Å². The predicted molar refractivity (Wildman–Crippen MR) is 87.7 cm³/mol. The first kappa shape index (κ1) is 15.3. The van der Waals surface area contributed by atoms with Crippen LogP contribution < -0.4 is 9.64 Å². The number of carbonyl (C=O) groups excluding carboxylic acids is 1. The monoisotopic (exact) mass is 312 g/mol. The lowest BCUT2D eigenvalue weighted by Crippen LogP contribution is -2.31. The third kappa shape index (κ3) is 3.59. The van der Waals surface area contributed by atoms with Crippen LogP contribution in [-0.4, -0.2) is 54.3 Å². The Morgan fingerprint density at radius 3 is 2.70 bits per heavy atom. The molecule has 1 aromatic carbocycles. The summed E-state index contributed by atoms with van der Waals surface area (Å²) in [6, 6.07) is 11.2. The quantitative estimate of drug-likeness (QED) is 0.862. The van der Waals surface area contributed by atoms with Crippen molar-refractivity contribution >= 4 is 11.6 Å². The number of anilines is 1. The highest BCUT2D eigenvalue weighted by molar-refractivity contribution is 5.94. The molecule has 1 atom stereocenters. The second-order valence-corrected chi connectivity index (χ2v) is 5.78. The van der Waals surface area contributed by atoms with Crippen molar-refractivity contribution in [1.82, 2.24) is 15.1 Å². The highest BCUT2D eigenvalue weighted by atomic mass is 16.5. The Kier molecular flexibility index (Phi) is 4.41. The maximum Gasteiger partial charge on any atom is 0.253 e. The molecule has 0 aliphatic carbocycles. The van der Waals surface area contributed by atoms with E-state index in [1.165, 1.54) is 0 Å². The smallest absolute Gasteiger partial charge is 0.253 e. The molecule has 1 unspecified atom stereocenters. The van der Waals surface area contributed by atoms with E-state index in [0.29, 0.717) is 24.5 Å². The molecule has 23 heavy (non-hydrogen) atoms. The molecule has 3 rings (SSSR count). The van der Waals surface area contributed by atoms with Gasteiger partial charge in [0.1, 0.15) is 6.10 Å². The summed E-state index contributed by atoms with van der Waals surface area (Å²) in [5.41, 5.74) is 1.78. The zero-order valence-corrected chi connectivity index (χ0v) is 13.3. The fraction of sp³-hybridized carbons (Fsp3) is 0.353. The van der Waals surface area contributed by atoms with Gasteiger partial charge in [0, 0.05) is 50.6 Å². The van der Waals surface area contributed by atoms with Gasteiger partial charge in [0.25, 0.3) is 5.91 Å². The summed E-state index contributed by atoms with van der Waals surface area (Å²) < 4.78 is 5.77. The molecule has 0 radical (unpaired) electrons. The fourth-order valence-corrected chi connectivity index (χ4v) is 2.61. The van der Waals surface area contributed by atoms with Gasteiger partial charge in [0.15, 0.2) is 0 Å². The van der Waals surface area contributed by atoms with Crippen LogP contribution in [0.5, 0.6) is 5.88 Å². The highest BCUT2D eigenvalue weighted by Crippen LogP contribution is 2.19. The van der Waals surface area contributed by atoms with E-state index in [9.17, 15) is 4.79 Å². The number of nitrogens with zero attached hydrogens (tertiary/aromatic N) is 4. The number of likely N-dealkylation sites (tertiary alicyclic amines) is 1. The van der Waals surface area contributed by atoms with Gasteiger partial charge in [-0.05, 0) is 30.3 Å². The molecular formula is C17H20N4O2. The average molecular weight is 312 g/mol. The zero-order valence-electron chi connectivity index (χ0n) is 13.3.